The number of carbonyl (C=O) groups is 1. The Kier molecular flexibility index (Phi) is 9.47. The molecule has 7 heteroatoms. The van der Waals surface area contributed by atoms with Gasteiger partial charge in [0.2, 0.25) is 5.91 Å². The van der Waals surface area contributed by atoms with Crippen molar-refractivity contribution in [1.82, 2.24) is 16.0 Å². The highest BCUT2D eigenvalue weighted by atomic mass is 32.2. The van der Waals surface area contributed by atoms with Crippen LogP contribution in [0.1, 0.15) is 46.5 Å². The summed E-state index contributed by atoms with van der Waals surface area (Å²) < 4.78 is 12.3. The minimum atomic E-state index is -1.04. The number of carbonyl (C=O) groups excluding carboxylic acids is 1. The average molecular weight is 407 g/mol. The van der Waals surface area contributed by atoms with E-state index in [4.69, 9.17) is 0 Å². The zero-order chi connectivity index (χ0) is 20.4. The Morgan fingerprint density at radius 1 is 1.25 bits per heavy atom. The van der Waals surface area contributed by atoms with Gasteiger partial charge in [0, 0.05) is 35.2 Å². The molecule has 1 aromatic rings. The summed E-state index contributed by atoms with van der Waals surface area (Å²) in [5.41, 5.74) is 0. The monoisotopic (exact) mass is 406 g/mol. The third kappa shape index (κ3) is 7.62. The zero-order valence-electron chi connectivity index (χ0n) is 17.2. The maximum absolute atomic E-state index is 12.3. The molecule has 1 aliphatic rings. The van der Waals surface area contributed by atoms with Crippen molar-refractivity contribution in [3.63, 3.8) is 0 Å². The summed E-state index contributed by atoms with van der Waals surface area (Å²) in [5.74, 6) is 1.44. The Labute approximate surface area is 171 Å². The van der Waals surface area contributed by atoms with Gasteiger partial charge in [-0.15, -0.1) is 0 Å². The minimum Gasteiger partial charge on any atom is -0.357 e. The molecule has 6 nitrogen and oxygen atoms in total. The van der Waals surface area contributed by atoms with Crippen molar-refractivity contribution in [2.75, 3.05) is 18.8 Å². The van der Waals surface area contributed by atoms with E-state index < -0.39 is 10.8 Å². The smallest absolute Gasteiger partial charge is 0.223 e. The van der Waals surface area contributed by atoms with Crippen LogP contribution in [-0.2, 0) is 15.6 Å². The fourth-order valence-corrected chi connectivity index (χ4v) is 4.36. The molecule has 2 rings (SSSR count). The number of aliphatic imine (C=N–C) groups is 1. The number of amides is 1. The quantitative estimate of drug-likeness (QED) is 0.457. The van der Waals surface area contributed by atoms with Crippen molar-refractivity contribution in [2.45, 2.75) is 63.4 Å². The normalized spacial score (nSPS) is 21.2. The van der Waals surface area contributed by atoms with Gasteiger partial charge in [0.1, 0.15) is 0 Å². The van der Waals surface area contributed by atoms with Gasteiger partial charge in [-0.2, -0.15) is 0 Å². The molecule has 3 atom stereocenters. The molecule has 0 bridgehead atoms. The van der Waals surface area contributed by atoms with Crippen molar-refractivity contribution in [3.05, 3.63) is 30.3 Å². The van der Waals surface area contributed by atoms with Gasteiger partial charge in [-0.05, 0) is 52.2 Å². The Balaban J connectivity index is 1.87. The first-order valence-corrected chi connectivity index (χ1v) is 11.6. The summed E-state index contributed by atoms with van der Waals surface area (Å²) in [4.78, 5) is 17.8. The molecule has 0 aromatic heterocycles. The van der Waals surface area contributed by atoms with Crippen LogP contribution in [0.15, 0.2) is 40.2 Å². The van der Waals surface area contributed by atoms with E-state index in [1.54, 1.807) is 0 Å². The van der Waals surface area contributed by atoms with E-state index in [-0.39, 0.29) is 23.9 Å². The van der Waals surface area contributed by atoms with Gasteiger partial charge < -0.3 is 16.0 Å². The highest BCUT2D eigenvalue weighted by Gasteiger charge is 2.27. The molecule has 1 aliphatic carbocycles. The first-order valence-electron chi connectivity index (χ1n) is 10.3. The topological polar surface area (TPSA) is 82.6 Å². The van der Waals surface area contributed by atoms with Crippen molar-refractivity contribution in [3.8, 4) is 0 Å². The van der Waals surface area contributed by atoms with E-state index in [0.717, 1.165) is 43.1 Å². The van der Waals surface area contributed by atoms with E-state index in [2.05, 4.69) is 20.9 Å². The number of guanidine groups is 1. The lowest BCUT2D eigenvalue weighted by Gasteiger charge is -2.30. The third-order valence-electron chi connectivity index (χ3n) is 4.71. The summed E-state index contributed by atoms with van der Waals surface area (Å²) in [6.07, 6.45) is 3.83. The van der Waals surface area contributed by atoms with Crippen molar-refractivity contribution in [2.24, 2.45) is 10.9 Å². The maximum atomic E-state index is 12.3. The molecule has 0 saturated heterocycles. The van der Waals surface area contributed by atoms with Crippen molar-refractivity contribution in [1.29, 1.82) is 0 Å². The SMILES string of the molecule is CCNC(=NCCS(=O)c1ccccc1)NC1CCCC(C(=O)NC(C)C)C1. The zero-order valence-corrected chi connectivity index (χ0v) is 18.1. The van der Waals surface area contributed by atoms with Crippen LogP contribution in [-0.4, -0.2) is 47.0 Å². The fraction of sp³-hybridized carbons (Fsp3) is 0.619. The van der Waals surface area contributed by atoms with Gasteiger partial charge >= 0.3 is 0 Å². The van der Waals surface area contributed by atoms with Gasteiger partial charge in [-0.3, -0.25) is 14.0 Å². The third-order valence-corrected chi connectivity index (χ3v) is 6.07. The molecular weight excluding hydrogens is 372 g/mol. The van der Waals surface area contributed by atoms with Crippen LogP contribution in [0.5, 0.6) is 0 Å². The number of nitrogens with zero attached hydrogens (tertiary/aromatic N) is 1. The van der Waals surface area contributed by atoms with Gasteiger partial charge in [0.25, 0.3) is 0 Å². The summed E-state index contributed by atoms with van der Waals surface area (Å²) in [6.45, 7) is 7.26. The maximum Gasteiger partial charge on any atom is 0.223 e. The Morgan fingerprint density at radius 2 is 2.00 bits per heavy atom. The molecule has 1 fully saturated rings. The predicted octanol–water partition coefficient (Wildman–Crippen LogP) is 2.43. The van der Waals surface area contributed by atoms with Crippen LogP contribution in [0.3, 0.4) is 0 Å². The van der Waals surface area contributed by atoms with Crippen LogP contribution in [0.4, 0.5) is 0 Å². The molecule has 3 N–H and O–H groups in total. The van der Waals surface area contributed by atoms with Crippen LogP contribution in [0.2, 0.25) is 0 Å². The van der Waals surface area contributed by atoms with Gasteiger partial charge in [0.05, 0.1) is 17.3 Å². The Bertz CT molecular complexity index is 664. The first-order chi connectivity index (χ1) is 13.5. The fourth-order valence-electron chi connectivity index (χ4n) is 3.41. The molecule has 156 valence electrons. The molecule has 1 amide bonds. The molecule has 1 aromatic carbocycles. The number of nitrogens with one attached hydrogen (secondary N) is 3. The van der Waals surface area contributed by atoms with Gasteiger partial charge in [-0.25, -0.2) is 0 Å². The van der Waals surface area contributed by atoms with Crippen molar-refractivity contribution >= 4 is 22.7 Å². The van der Waals surface area contributed by atoms with Crippen LogP contribution in [0.25, 0.3) is 0 Å². The Hall–Kier alpha value is -1.89. The molecule has 1 saturated carbocycles. The summed E-state index contributed by atoms with van der Waals surface area (Å²) in [6, 6.07) is 9.89. The number of hydrogen-bond donors (Lipinski definition) is 3. The summed E-state index contributed by atoms with van der Waals surface area (Å²) in [5, 5.41) is 9.75. The van der Waals surface area contributed by atoms with Crippen molar-refractivity contribution < 1.29 is 9.00 Å². The van der Waals surface area contributed by atoms with E-state index >= 15 is 0 Å². The van der Waals surface area contributed by atoms with Gasteiger partial charge in [-0.1, -0.05) is 24.6 Å². The molecule has 0 spiro atoms. The molecule has 3 unspecified atom stereocenters. The van der Waals surface area contributed by atoms with Crippen LogP contribution in [0, 0.1) is 5.92 Å². The second-order valence-corrected chi connectivity index (χ2v) is 9.06. The minimum absolute atomic E-state index is 0.0575. The standard InChI is InChI=1S/C21H34N4O2S/c1-4-22-21(23-13-14-28(27)19-11-6-5-7-12-19)25-18-10-8-9-17(15-18)20(26)24-16(2)3/h5-7,11-12,16-18H,4,8-10,13-15H2,1-3H3,(H,24,26)(H2,22,23,25). The highest BCUT2D eigenvalue weighted by molar-refractivity contribution is 7.85. The van der Waals surface area contributed by atoms with Crippen LogP contribution >= 0.6 is 0 Å². The van der Waals surface area contributed by atoms with E-state index in [9.17, 15) is 9.00 Å². The molecular formula is C21H34N4O2S. The number of hydrogen-bond acceptors (Lipinski definition) is 3. The lowest BCUT2D eigenvalue weighted by Crippen LogP contribution is -2.47. The number of rotatable bonds is 8. The largest absolute Gasteiger partial charge is 0.357 e. The first kappa shape index (κ1) is 22.4. The molecule has 0 heterocycles. The molecule has 0 radical (unpaired) electrons. The van der Waals surface area contributed by atoms with E-state index in [1.165, 1.54) is 0 Å². The summed E-state index contributed by atoms with van der Waals surface area (Å²) in [7, 11) is -1.04. The average Bonchev–Trinajstić information content (AvgIpc) is 2.68. The lowest BCUT2D eigenvalue weighted by molar-refractivity contribution is -0.126. The predicted molar refractivity (Wildman–Crippen MR) is 116 cm³/mol. The molecule has 0 aliphatic heterocycles. The Morgan fingerprint density at radius 3 is 2.68 bits per heavy atom. The van der Waals surface area contributed by atoms with E-state index in [0.29, 0.717) is 12.3 Å². The van der Waals surface area contributed by atoms with Gasteiger partial charge in [0.15, 0.2) is 5.96 Å². The van der Waals surface area contributed by atoms with Crippen LogP contribution < -0.4 is 16.0 Å². The second-order valence-electron chi connectivity index (χ2n) is 7.49. The van der Waals surface area contributed by atoms with E-state index in [1.807, 2.05) is 51.1 Å². The lowest BCUT2D eigenvalue weighted by atomic mass is 9.85. The number of benzene rings is 1. The molecule has 28 heavy (non-hydrogen) atoms. The summed E-state index contributed by atoms with van der Waals surface area (Å²) >= 11 is 0. The highest BCUT2D eigenvalue weighted by Crippen LogP contribution is 2.24. The second kappa shape index (κ2) is 11.8.